The fourth-order valence-corrected chi connectivity index (χ4v) is 1.76. The number of rotatable bonds is 1. The van der Waals surface area contributed by atoms with E-state index in [1.165, 1.54) is 11.1 Å². The first-order valence-corrected chi connectivity index (χ1v) is 5.14. The maximum absolute atomic E-state index is 8.71. The third kappa shape index (κ3) is 2.16. The second-order valence-corrected chi connectivity index (χ2v) is 3.88. The van der Waals surface area contributed by atoms with Crippen LogP contribution >= 0.6 is 0 Å². The van der Waals surface area contributed by atoms with Gasteiger partial charge in [0.1, 0.15) is 0 Å². The van der Waals surface area contributed by atoms with Crippen molar-refractivity contribution in [2.45, 2.75) is 19.3 Å². The summed E-state index contributed by atoms with van der Waals surface area (Å²) in [7, 11) is 0. The van der Waals surface area contributed by atoms with Crippen LogP contribution in [0.4, 0.5) is 0 Å². The normalized spacial score (nSPS) is 19.5. The summed E-state index contributed by atoms with van der Waals surface area (Å²) >= 11 is 0. The van der Waals surface area contributed by atoms with E-state index in [1.807, 2.05) is 12.2 Å². The fraction of sp³-hybridized carbons (Fsp3) is 0.214. The molecule has 1 aliphatic rings. The van der Waals surface area contributed by atoms with Gasteiger partial charge in [0.05, 0.1) is 6.07 Å². The average molecular weight is 195 g/mol. The summed E-state index contributed by atoms with van der Waals surface area (Å²) in [4.78, 5) is 0. The van der Waals surface area contributed by atoms with Crippen molar-refractivity contribution in [3.8, 4) is 6.07 Å². The highest BCUT2D eigenvalue weighted by atomic mass is 14.2. The Morgan fingerprint density at radius 3 is 2.53 bits per heavy atom. The van der Waals surface area contributed by atoms with Crippen LogP contribution in [0.1, 0.15) is 23.5 Å². The molecule has 2 rings (SSSR count). The van der Waals surface area contributed by atoms with E-state index < -0.39 is 0 Å². The van der Waals surface area contributed by atoms with E-state index in [9.17, 15) is 0 Å². The lowest BCUT2D eigenvalue weighted by atomic mass is 9.90. The Hall–Kier alpha value is -1.81. The van der Waals surface area contributed by atoms with E-state index in [0.29, 0.717) is 5.92 Å². The summed E-state index contributed by atoms with van der Waals surface area (Å²) in [5.41, 5.74) is 3.38. The maximum Gasteiger partial charge on any atom is 0.0988 e. The lowest BCUT2D eigenvalue weighted by Crippen LogP contribution is -1.97. The smallest absolute Gasteiger partial charge is 0.0988 e. The molecule has 0 aromatic heterocycles. The highest BCUT2D eigenvalue weighted by Gasteiger charge is 2.10. The van der Waals surface area contributed by atoms with Gasteiger partial charge in [0.2, 0.25) is 0 Å². The molecule has 1 aliphatic carbocycles. The van der Waals surface area contributed by atoms with Crippen LogP contribution in [0.15, 0.2) is 48.1 Å². The maximum atomic E-state index is 8.71. The Balaban J connectivity index is 2.16. The molecule has 0 amide bonds. The molecule has 1 heteroatoms. The molecule has 0 saturated heterocycles. The molecule has 1 nitrogen and oxygen atoms in total. The zero-order valence-corrected chi connectivity index (χ0v) is 8.77. The lowest BCUT2D eigenvalue weighted by molar-refractivity contribution is 0.848. The van der Waals surface area contributed by atoms with Crippen molar-refractivity contribution in [1.82, 2.24) is 0 Å². The molecule has 0 bridgehead atoms. The standard InChI is InChI=1S/C14H13N/c1-11-2-6-13(7-3-11)14-8-4-12(10-15)5-9-14/h2-8,14H,9H2,1H3. The topological polar surface area (TPSA) is 23.8 Å². The van der Waals surface area contributed by atoms with E-state index in [0.717, 1.165) is 12.0 Å². The van der Waals surface area contributed by atoms with E-state index in [-0.39, 0.29) is 0 Å². The number of aryl methyl sites for hydroxylation is 1. The van der Waals surface area contributed by atoms with Gasteiger partial charge in [-0.2, -0.15) is 5.26 Å². The third-order valence-electron chi connectivity index (χ3n) is 2.73. The second kappa shape index (κ2) is 4.14. The summed E-state index contributed by atoms with van der Waals surface area (Å²) in [6, 6.07) is 10.7. The Morgan fingerprint density at radius 2 is 2.00 bits per heavy atom. The Bertz CT molecular complexity index is 443. The number of allylic oxidation sites excluding steroid dienone is 4. The minimum atomic E-state index is 0.433. The number of hydrogen-bond acceptors (Lipinski definition) is 1. The molecule has 0 spiro atoms. The van der Waals surface area contributed by atoms with Gasteiger partial charge in [0.15, 0.2) is 0 Å². The third-order valence-corrected chi connectivity index (χ3v) is 2.73. The zero-order valence-electron chi connectivity index (χ0n) is 8.77. The summed E-state index contributed by atoms with van der Waals surface area (Å²) in [6.45, 7) is 2.09. The van der Waals surface area contributed by atoms with Gasteiger partial charge in [-0.15, -0.1) is 0 Å². The molecule has 15 heavy (non-hydrogen) atoms. The Morgan fingerprint density at radius 1 is 1.27 bits per heavy atom. The van der Waals surface area contributed by atoms with E-state index in [2.05, 4.69) is 43.3 Å². The molecule has 0 N–H and O–H groups in total. The van der Waals surface area contributed by atoms with E-state index in [1.54, 1.807) is 0 Å². The van der Waals surface area contributed by atoms with Crippen LogP contribution < -0.4 is 0 Å². The largest absolute Gasteiger partial charge is 0.192 e. The number of benzene rings is 1. The van der Waals surface area contributed by atoms with Gasteiger partial charge in [-0.3, -0.25) is 0 Å². The van der Waals surface area contributed by atoms with Crippen LogP contribution in [-0.4, -0.2) is 0 Å². The van der Waals surface area contributed by atoms with E-state index >= 15 is 0 Å². The predicted molar refractivity (Wildman–Crippen MR) is 61.4 cm³/mol. The van der Waals surface area contributed by atoms with Crippen molar-refractivity contribution in [1.29, 1.82) is 5.26 Å². The molecule has 0 aliphatic heterocycles. The van der Waals surface area contributed by atoms with Gasteiger partial charge in [-0.05, 0) is 25.0 Å². The van der Waals surface area contributed by atoms with Gasteiger partial charge in [0, 0.05) is 11.5 Å². The molecule has 1 aromatic rings. The van der Waals surface area contributed by atoms with Crippen LogP contribution in [0.25, 0.3) is 0 Å². The zero-order chi connectivity index (χ0) is 10.7. The van der Waals surface area contributed by atoms with Gasteiger partial charge in [-0.25, -0.2) is 0 Å². The highest BCUT2D eigenvalue weighted by Crippen LogP contribution is 2.26. The van der Waals surface area contributed by atoms with Crippen LogP contribution in [0.3, 0.4) is 0 Å². The minimum absolute atomic E-state index is 0.433. The summed E-state index contributed by atoms with van der Waals surface area (Å²) in [5.74, 6) is 0.433. The second-order valence-electron chi connectivity index (χ2n) is 3.88. The van der Waals surface area contributed by atoms with Crippen LogP contribution in [-0.2, 0) is 0 Å². The first-order chi connectivity index (χ1) is 7.29. The molecule has 0 fully saturated rings. The Kier molecular flexibility index (Phi) is 2.69. The molecular weight excluding hydrogens is 182 g/mol. The summed E-state index contributed by atoms with van der Waals surface area (Å²) in [6.07, 6.45) is 6.96. The van der Waals surface area contributed by atoms with Gasteiger partial charge >= 0.3 is 0 Å². The lowest BCUT2D eigenvalue weighted by Gasteiger charge is -2.14. The van der Waals surface area contributed by atoms with Gasteiger partial charge < -0.3 is 0 Å². The monoisotopic (exact) mass is 195 g/mol. The van der Waals surface area contributed by atoms with Crippen LogP contribution in [0.5, 0.6) is 0 Å². The first kappa shape index (κ1) is 9.73. The van der Waals surface area contributed by atoms with Crippen LogP contribution in [0.2, 0.25) is 0 Å². The molecule has 0 radical (unpaired) electrons. The Labute approximate surface area is 90.4 Å². The van der Waals surface area contributed by atoms with Gasteiger partial charge in [0.25, 0.3) is 0 Å². The highest BCUT2D eigenvalue weighted by molar-refractivity contribution is 5.40. The van der Waals surface area contributed by atoms with Crippen molar-refractivity contribution >= 4 is 0 Å². The SMILES string of the molecule is Cc1ccc(C2C=CC(C#N)=CC2)cc1. The van der Waals surface area contributed by atoms with Crippen LogP contribution in [0, 0.1) is 18.3 Å². The van der Waals surface area contributed by atoms with E-state index in [4.69, 9.17) is 5.26 Å². The number of nitriles is 1. The molecule has 0 saturated carbocycles. The number of hydrogen-bond donors (Lipinski definition) is 0. The average Bonchev–Trinajstić information content (AvgIpc) is 2.30. The van der Waals surface area contributed by atoms with Gasteiger partial charge in [-0.1, -0.05) is 42.0 Å². The van der Waals surface area contributed by atoms with Crippen molar-refractivity contribution in [3.63, 3.8) is 0 Å². The molecular formula is C14H13N. The van der Waals surface area contributed by atoms with Crippen molar-refractivity contribution in [2.75, 3.05) is 0 Å². The summed E-state index contributed by atoms with van der Waals surface area (Å²) < 4.78 is 0. The molecule has 1 atom stereocenters. The van der Waals surface area contributed by atoms with Crippen molar-refractivity contribution in [2.24, 2.45) is 0 Å². The molecule has 1 unspecified atom stereocenters. The molecule has 1 aromatic carbocycles. The molecule has 0 heterocycles. The first-order valence-electron chi connectivity index (χ1n) is 5.14. The number of nitrogens with zero attached hydrogens (tertiary/aromatic N) is 1. The summed E-state index contributed by atoms with van der Waals surface area (Å²) in [5, 5.41) is 8.71. The van der Waals surface area contributed by atoms with Crippen molar-refractivity contribution in [3.05, 3.63) is 59.2 Å². The minimum Gasteiger partial charge on any atom is -0.192 e. The van der Waals surface area contributed by atoms with Crippen molar-refractivity contribution < 1.29 is 0 Å². The predicted octanol–water partition coefficient (Wildman–Crippen LogP) is 3.49. The quantitative estimate of drug-likeness (QED) is 0.673. The molecule has 74 valence electrons. The fourth-order valence-electron chi connectivity index (χ4n) is 1.76.